The Labute approximate surface area is 188 Å². The molecule has 32 heavy (non-hydrogen) atoms. The second-order valence-electron chi connectivity index (χ2n) is 8.77. The van der Waals surface area contributed by atoms with E-state index in [1.54, 1.807) is 0 Å². The molecular formula is C32H24. The van der Waals surface area contributed by atoms with Gasteiger partial charge < -0.3 is 0 Å². The molecular weight excluding hydrogens is 384 g/mol. The van der Waals surface area contributed by atoms with E-state index in [0.29, 0.717) is 0 Å². The molecule has 152 valence electrons. The molecule has 0 heteroatoms. The highest BCUT2D eigenvalue weighted by Gasteiger charge is 2.14. The number of aryl methyl sites for hydroxylation is 2. The summed E-state index contributed by atoms with van der Waals surface area (Å²) in [6.07, 6.45) is 0. The first-order valence-electron chi connectivity index (χ1n) is 11.2. The van der Waals surface area contributed by atoms with Crippen LogP contribution in [0.4, 0.5) is 0 Å². The Bertz CT molecular complexity index is 1480. The van der Waals surface area contributed by atoms with Crippen molar-refractivity contribution in [3.63, 3.8) is 0 Å². The van der Waals surface area contributed by atoms with Crippen LogP contribution >= 0.6 is 0 Å². The van der Waals surface area contributed by atoms with Crippen molar-refractivity contribution in [2.24, 2.45) is 0 Å². The average Bonchev–Trinajstić information content (AvgIpc) is 2.84. The van der Waals surface area contributed by atoms with Crippen LogP contribution in [0.5, 0.6) is 0 Å². The van der Waals surface area contributed by atoms with Crippen LogP contribution in [0.1, 0.15) is 11.1 Å². The fraction of sp³-hybridized carbons (Fsp3) is 0.0625. The molecule has 0 saturated carbocycles. The fourth-order valence-electron chi connectivity index (χ4n) is 4.99. The number of hydrogen-bond donors (Lipinski definition) is 0. The summed E-state index contributed by atoms with van der Waals surface area (Å²) in [7, 11) is 0. The second-order valence-corrected chi connectivity index (χ2v) is 8.77. The Morgan fingerprint density at radius 1 is 0.344 bits per heavy atom. The summed E-state index contributed by atoms with van der Waals surface area (Å²) in [6.45, 7) is 4.37. The van der Waals surface area contributed by atoms with Gasteiger partial charge in [-0.25, -0.2) is 0 Å². The molecule has 0 atom stereocenters. The lowest BCUT2D eigenvalue weighted by Crippen LogP contribution is -1.90. The minimum atomic E-state index is 1.26. The maximum absolute atomic E-state index is 2.40. The highest BCUT2D eigenvalue weighted by Crippen LogP contribution is 2.42. The molecule has 0 saturated heterocycles. The Kier molecular flexibility index (Phi) is 4.33. The molecule has 0 fully saturated rings. The van der Waals surface area contributed by atoms with Gasteiger partial charge >= 0.3 is 0 Å². The van der Waals surface area contributed by atoms with E-state index in [2.05, 4.69) is 123 Å². The van der Waals surface area contributed by atoms with Crippen LogP contribution in [0.3, 0.4) is 0 Å². The fourth-order valence-corrected chi connectivity index (χ4v) is 4.99. The van der Waals surface area contributed by atoms with Crippen LogP contribution in [0.2, 0.25) is 0 Å². The van der Waals surface area contributed by atoms with Crippen molar-refractivity contribution in [2.45, 2.75) is 13.8 Å². The van der Waals surface area contributed by atoms with E-state index in [9.17, 15) is 0 Å². The van der Waals surface area contributed by atoms with E-state index in [4.69, 9.17) is 0 Å². The molecule has 0 unspecified atom stereocenters. The van der Waals surface area contributed by atoms with E-state index in [1.807, 2.05) is 0 Å². The lowest BCUT2D eigenvalue weighted by Gasteiger charge is -2.17. The van der Waals surface area contributed by atoms with Gasteiger partial charge in [0.15, 0.2) is 0 Å². The zero-order chi connectivity index (χ0) is 21.7. The van der Waals surface area contributed by atoms with Crippen LogP contribution in [-0.2, 0) is 0 Å². The molecule has 0 aliphatic carbocycles. The molecule has 6 rings (SSSR count). The molecule has 0 radical (unpaired) electrons. The molecule has 0 N–H and O–H groups in total. The highest BCUT2D eigenvalue weighted by molar-refractivity contribution is 6.24. The third-order valence-electron chi connectivity index (χ3n) is 6.55. The van der Waals surface area contributed by atoms with E-state index in [1.165, 1.54) is 65.7 Å². The third-order valence-corrected chi connectivity index (χ3v) is 6.55. The van der Waals surface area contributed by atoms with E-state index in [0.717, 1.165) is 0 Å². The second kappa shape index (κ2) is 7.35. The van der Waals surface area contributed by atoms with Crippen LogP contribution in [0.15, 0.2) is 109 Å². The third kappa shape index (κ3) is 2.99. The average molecular weight is 409 g/mol. The van der Waals surface area contributed by atoms with Crippen LogP contribution in [0.25, 0.3) is 54.6 Å². The molecule has 0 nitrogen and oxygen atoms in total. The Hall–Kier alpha value is -3.90. The van der Waals surface area contributed by atoms with Gasteiger partial charge in [-0.15, -0.1) is 0 Å². The number of fused-ring (bicyclic) bond motifs is 5. The maximum Gasteiger partial charge on any atom is -0.00922 e. The smallest absolute Gasteiger partial charge is 0.00922 e. The van der Waals surface area contributed by atoms with Gasteiger partial charge in [-0.2, -0.15) is 0 Å². The first kappa shape index (κ1) is 18.8. The van der Waals surface area contributed by atoms with Crippen molar-refractivity contribution in [3.8, 4) is 22.3 Å². The molecule has 6 aromatic rings. The largest absolute Gasteiger partial charge is 0.0622 e. The van der Waals surface area contributed by atoms with Crippen molar-refractivity contribution in [1.29, 1.82) is 0 Å². The van der Waals surface area contributed by atoms with Crippen molar-refractivity contribution in [3.05, 3.63) is 120 Å². The molecule has 0 aliphatic heterocycles. The zero-order valence-electron chi connectivity index (χ0n) is 18.4. The van der Waals surface area contributed by atoms with Gasteiger partial charge in [-0.1, -0.05) is 108 Å². The summed E-state index contributed by atoms with van der Waals surface area (Å²) in [6, 6.07) is 40.1. The van der Waals surface area contributed by atoms with Crippen molar-refractivity contribution < 1.29 is 0 Å². The lowest BCUT2D eigenvalue weighted by atomic mass is 9.87. The van der Waals surface area contributed by atoms with E-state index >= 15 is 0 Å². The highest BCUT2D eigenvalue weighted by atomic mass is 14.2. The van der Waals surface area contributed by atoms with E-state index < -0.39 is 0 Å². The minimum Gasteiger partial charge on any atom is -0.0622 e. The van der Waals surface area contributed by atoms with Crippen LogP contribution in [-0.4, -0.2) is 0 Å². The zero-order valence-corrected chi connectivity index (χ0v) is 18.4. The van der Waals surface area contributed by atoms with Crippen molar-refractivity contribution >= 4 is 32.3 Å². The lowest BCUT2D eigenvalue weighted by molar-refractivity contribution is 1.50. The van der Waals surface area contributed by atoms with Crippen molar-refractivity contribution in [2.75, 3.05) is 0 Å². The molecule has 0 heterocycles. The van der Waals surface area contributed by atoms with Gasteiger partial charge in [0.2, 0.25) is 0 Å². The van der Waals surface area contributed by atoms with Gasteiger partial charge in [0.05, 0.1) is 0 Å². The minimum absolute atomic E-state index is 1.26. The predicted molar refractivity (Wildman–Crippen MR) is 139 cm³/mol. The Morgan fingerprint density at radius 3 is 1.12 bits per heavy atom. The van der Waals surface area contributed by atoms with Gasteiger partial charge in [-0.05, 0) is 80.6 Å². The summed E-state index contributed by atoms with van der Waals surface area (Å²) in [5.74, 6) is 0. The van der Waals surface area contributed by atoms with Crippen molar-refractivity contribution in [1.82, 2.24) is 0 Å². The van der Waals surface area contributed by atoms with Crippen LogP contribution < -0.4 is 0 Å². The quantitative estimate of drug-likeness (QED) is 0.251. The standard InChI is InChI=1S/C32H24/c1-21-13-15-25-27(23-9-5-3-6-10-23)20-32-30-18-22(2)14-16-26(30)28(19-31(32)29(25)17-21)24-11-7-4-8-12-24/h3-20H,1-2H3. The molecule has 6 aromatic carbocycles. The Balaban J connectivity index is 1.84. The van der Waals surface area contributed by atoms with Gasteiger partial charge in [0, 0.05) is 0 Å². The normalized spacial score (nSPS) is 11.4. The van der Waals surface area contributed by atoms with Gasteiger partial charge in [0.25, 0.3) is 0 Å². The predicted octanol–water partition coefficient (Wildman–Crippen LogP) is 9.10. The number of rotatable bonds is 2. The van der Waals surface area contributed by atoms with Crippen LogP contribution in [0, 0.1) is 13.8 Å². The molecule has 0 aromatic heterocycles. The topological polar surface area (TPSA) is 0 Å². The first-order valence-corrected chi connectivity index (χ1v) is 11.2. The molecule has 0 spiro atoms. The maximum atomic E-state index is 2.40. The monoisotopic (exact) mass is 408 g/mol. The van der Waals surface area contributed by atoms with E-state index in [-0.39, 0.29) is 0 Å². The van der Waals surface area contributed by atoms with Gasteiger partial charge in [-0.3, -0.25) is 0 Å². The number of hydrogen-bond acceptors (Lipinski definition) is 0. The first-order chi connectivity index (χ1) is 15.7. The molecule has 0 bridgehead atoms. The summed E-state index contributed by atoms with van der Waals surface area (Å²) in [5.41, 5.74) is 7.68. The summed E-state index contributed by atoms with van der Waals surface area (Å²) >= 11 is 0. The summed E-state index contributed by atoms with van der Waals surface area (Å²) in [4.78, 5) is 0. The summed E-state index contributed by atoms with van der Waals surface area (Å²) < 4.78 is 0. The molecule has 0 aliphatic rings. The molecule has 0 amide bonds. The SMILES string of the molecule is Cc1ccc2c(-c3ccccc3)cc3c4cc(C)ccc4c(-c4ccccc4)cc3c2c1. The Morgan fingerprint density at radius 2 is 0.719 bits per heavy atom. The number of benzene rings is 6. The summed E-state index contributed by atoms with van der Waals surface area (Å²) in [5, 5.41) is 7.89. The van der Waals surface area contributed by atoms with Gasteiger partial charge in [0.1, 0.15) is 0 Å².